The van der Waals surface area contributed by atoms with E-state index in [-0.39, 0.29) is 30.8 Å². The van der Waals surface area contributed by atoms with Crippen LogP contribution in [-0.4, -0.2) is 65.0 Å². The minimum Gasteiger partial charge on any atom is -0.459 e. The molecule has 2 atom stereocenters. The van der Waals surface area contributed by atoms with Gasteiger partial charge < -0.3 is 25.4 Å². The van der Waals surface area contributed by atoms with Crippen LogP contribution in [0.4, 0.5) is 4.39 Å². The molecule has 37 heavy (non-hydrogen) atoms. The Hall–Kier alpha value is -2.95. The third kappa shape index (κ3) is 3.60. The highest BCUT2D eigenvalue weighted by atomic mass is 32.2. The number of aromatic nitrogens is 1. The number of carbonyl (C=O) groups excluding carboxylic acids is 2. The van der Waals surface area contributed by atoms with Crippen molar-refractivity contribution < 1.29 is 23.8 Å². The number of pyridine rings is 1. The van der Waals surface area contributed by atoms with Crippen molar-refractivity contribution in [2.45, 2.75) is 49.8 Å². The molecule has 0 saturated carbocycles. The lowest BCUT2D eigenvalue weighted by Crippen LogP contribution is -2.47. The lowest BCUT2D eigenvalue weighted by molar-refractivity contribution is -0.163. The smallest absolute Gasteiger partial charge is 0.343 e. The average Bonchev–Trinajstić information content (AvgIpc) is 3.25. The van der Waals surface area contributed by atoms with Gasteiger partial charge in [0.25, 0.3) is 0 Å². The highest BCUT2D eigenvalue weighted by Gasteiger charge is 2.47. The number of nitrogens with one attached hydrogen (secondary N) is 2. The molecule has 0 bridgehead atoms. The number of fused-ring (bicyclic) bond motifs is 4. The van der Waals surface area contributed by atoms with Gasteiger partial charge in [0.2, 0.25) is 5.91 Å². The van der Waals surface area contributed by atoms with Crippen LogP contribution in [-0.2, 0) is 20.9 Å². The largest absolute Gasteiger partial charge is 0.459 e. The molecule has 0 radical (unpaired) electrons. The topological polar surface area (TPSA) is 104 Å². The van der Waals surface area contributed by atoms with Crippen LogP contribution in [0.1, 0.15) is 48.2 Å². The van der Waals surface area contributed by atoms with Gasteiger partial charge in [0, 0.05) is 59.3 Å². The molecular weight excluding hydrogens is 495 g/mol. The average molecular weight is 525 g/mol. The van der Waals surface area contributed by atoms with Gasteiger partial charge in [-0.3, -0.25) is 4.79 Å². The molecule has 10 heteroatoms. The Morgan fingerprint density at radius 3 is 2.97 bits per heavy atom. The molecule has 4 aliphatic heterocycles. The molecule has 3 N–H and O–H groups in total. The van der Waals surface area contributed by atoms with Gasteiger partial charge in [0.05, 0.1) is 22.9 Å². The molecule has 194 valence electrons. The normalized spacial score (nSPS) is 23.9. The van der Waals surface area contributed by atoms with E-state index in [0.29, 0.717) is 54.2 Å². The van der Waals surface area contributed by atoms with E-state index in [1.807, 2.05) is 13.1 Å². The third-order valence-electron chi connectivity index (χ3n) is 7.89. The Morgan fingerprint density at radius 2 is 2.22 bits per heavy atom. The van der Waals surface area contributed by atoms with Crippen molar-refractivity contribution in [1.82, 2.24) is 20.5 Å². The van der Waals surface area contributed by atoms with E-state index in [4.69, 9.17) is 9.72 Å². The van der Waals surface area contributed by atoms with Gasteiger partial charge in [0.1, 0.15) is 12.4 Å². The van der Waals surface area contributed by atoms with Crippen LogP contribution in [0.15, 0.2) is 28.2 Å². The Balaban J connectivity index is 1.53. The second-order valence-corrected chi connectivity index (χ2v) is 11.1. The Morgan fingerprint density at radius 1 is 1.41 bits per heavy atom. The molecule has 4 aliphatic rings. The Kier molecular flexibility index (Phi) is 5.81. The zero-order valence-corrected chi connectivity index (χ0v) is 21.9. The van der Waals surface area contributed by atoms with Crippen LogP contribution < -0.4 is 10.6 Å². The molecule has 5 heterocycles. The van der Waals surface area contributed by atoms with Crippen molar-refractivity contribution in [1.29, 1.82) is 0 Å². The van der Waals surface area contributed by atoms with Crippen LogP contribution in [0.5, 0.6) is 0 Å². The van der Waals surface area contributed by atoms with E-state index < -0.39 is 11.6 Å². The van der Waals surface area contributed by atoms with E-state index in [2.05, 4.69) is 15.5 Å². The van der Waals surface area contributed by atoms with Crippen molar-refractivity contribution in [2.75, 3.05) is 32.5 Å². The zero-order valence-electron chi connectivity index (χ0n) is 21.0. The molecule has 0 unspecified atom stereocenters. The number of halogens is 1. The number of rotatable bonds is 5. The van der Waals surface area contributed by atoms with Gasteiger partial charge in [-0.1, -0.05) is 6.92 Å². The quantitative estimate of drug-likeness (QED) is 0.513. The summed E-state index contributed by atoms with van der Waals surface area (Å²) >= 11 is 1.55. The summed E-state index contributed by atoms with van der Waals surface area (Å²) in [4.78, 5) is 33.2. The van der Waals surface area contributed by atoms with Crippen LogP contribution >= 0.6 is 11.8 Å². The molecule has 0 spiro atoms. The highest BCUT2D eigenvalue weighted by Crippen LogP contribution is 2.49. The van der Waals surface area contributed by atoms with Crippen molar-refractivity contribution >= 4 is 40.2 Å². The monoisotopic (exact) mass is 524 g/mol. The number of nitrogens with zero attached hydrogens (tertiary/aromatic N) is 2. The highest BCUT2D eigenvalue weighted by molar-refractivity contribution is 7.99. The van der Waals surface area contributed by atoms with Crippen molar-refractivity contribution in [3.63, 3.8) is 0 Å². The molecule has 1 aromatic heterocycles. The first-order chi connectivity index (χ1) is 17.8. The zero-order chi connectivity index (χ0) is 26.1. The summed E-state index contributed by atoms with van der Waals surface area (Å²) in [7, 11) is 1.81. The Labute approximate surface area is 218 Å². The van der Waals surface area contributed by atoms with E-state index in [0.717, 1.165) is 32.7 Å². The fraction of sp³-hybridized carbons (Fsp3) is 0.444. The molecule has 6 rings (SSSR count). The molecule has 8 nitrogen and oxygen atoms in total. The predicted molar refractivity (Wildman–Crippen MR) is 138 cm³/mol. The summed E-state index contributed by atoms with van der Waals surface area (Å²) in [5.41, 5.74) is 4.38. The number of ether oxygens (including phenoxy) is 1. The number of aliphatic hydroxyl groups is 1. The number of carbonyl (C=O) groups is 2. The molecule has 1 amide bonds. The standard InChI is InChI=1S/C27H29FN4O4S/c1-4-27(35)16-7-20-24-15(10-32(20)9-14(16)11-36-26(27)34)22-19(30-21(33)5-6-29-3)12-37-25-13(2)17(28)8-18(31-24)23(22)25/h7-8,19,29,35H,4-6,9-12H2,1-3H3,(H,30,33)/t19-,27-/m0/s1. The molecular formula is C27H29FN4O4S. The fourth-order valence-electron chi connectivity index (χ4n) is 5.87. The van der Waals surface area contributed by atoms with Crippen molar-refractivity contribution in [2.24, 2.45) is 0 Å². The first-order valence-corrected chi connectivity index (χ1v) is 13.6. The lowest BCUT2D eigenvalue weighted by atomic mass is 9.83. The summed E-state index contributed by atoms with van der Waals surface area (Å²) in [6.45, 7) is 5.33. The maximum Gasteiger partial charge on any atom is 0.343 e. The number of hydrogen-bond acceptors (Lipinski definition) is 8. The SMILES string of the molecule is CC[C@@]1(O)C(=O)OCC2=C1C=C1c3nc4cc(F)c(C)c5c4c(c3CN1C2)[C@@H](NC(=O)CCNC)CS5. The molecule has 0 saturated heterocycles. The minimum absolute atomic E-state index is 0.0447. The van der Waals surface area contributed by atoms with E-state index in [9.17, 15) is 19.1 Å². The summed E-state index contributed by atoms with van der Waals surface area (Å²) in [5, 5.41) is 18.3. The van der Waals surface area contributed by atoms with Gasteiger partial charge in [0.15, 0.2) is 5.60 Å². The maximum absolute atomic E-state index is 14.9. The first kappa shape index (κ1) is 24.4. The predicted octanol–water partition coefficient (Wildman–Crippen LogP) is 2.72. The second-order valence-electron chi connectivity index (χ2n) is 10.0. The summed E-state index contributed by atoms with van der Waals surface area (Å²) < 4.78 is 20.3. The van der Waals surface area contributed by atoms with Crippen molar-refractivity contribution in [3.8, 4) is 0 Å². The van der Waals surface area contributed by atoms with Gasteiger partial charge >= 0.3 is 5.97 Å². The van der Waals surface area contributed by atoms with Crippen LogP contribution in [0.25, 0.3) is 16.6 Å². The van der Waals surface area contributed by atoms with E-state index >= 15 is 0 Å². The van der Waals surface area contributed by atoms with Gasteiger partial charge in [-0.15, -0.1) is 11.8 Å². The molecule has 0 fully saturated rings. The number of benzene rings is 1. The molecule has 0 aliphatic carbocycles. The van der Waals surface area contributed by atoms with Crippen molar-refractivity contribution in [3.05, 3.63) is 51.5 Å². The number of esters is 1. The number of cyclic esters (lactones) is 1. The number of thioether (sulfide) groups is 1. The second kappa shape index (κ2) is 8.82. The first-order valence-electron chi connectivity index (χ1n) is 12.6. The van der Waals surface area contributed by atoms with Gasteiger partial charge in [-0.2, -0.15) is 0 Å². The Bertz CT molecular complexity index is 1440. The van der Waals surface area contributed by atoms with Crippen LogP contribution in [0.2, 0.25) is 0 Å². The summed E-state index contributed by atoms with van der Waals surface area (Å²) in [6.07, 6.45) is 2.41. The van der Waals surface area contributed by atoms with Crippen LogP contribution in [0.3, 0.4) is 0 Å². The number of amides is 1. The summed E-state index contributed by atoms with van der Waals surface area (Å²) in [6, 6.07) is 1.23. The van der Waals surface area contributed by atoms with Gasteiger partial charge in [-0.05, 0) is 43.2 Å². The van der Waals surface area contributed by atoms with E-state index in [1.54, 1.807) is 25.6 Å². The fourth-order valence-corrected chi connectivity index (χ4v) is 7.12. The summed E-state index contributed by atoms with van der Waals surface area (Å²) in [5.74, 6) is -0.392. The van der Waals surface area contributed by atoms with Crippen LogP contribution in [0, 0.1) is 12.7 Å². The molecule has 2 aromatic rings. The van der Waals surface area contributed by atoms with E-state index in [1.165, 1.54) is 6.07 Å². The number of hydrogen-bond donors (Lipinski definition) is 3. The maximum atomic E-state index is 14.9. The third-order valence-corrected chi connectivity index (χ3v) is 9.19. The minimum atomic E-state index is -1.70. The molecule has 1 aromatic carbocycles. The lowest BCUT2D eigenvalue weighted by Gasteiger charge is -2.37. The van der Waals surface area contributed by atoms with Gasteiger partial charge in [-0.25, -0.2) is 14.2 Å².